The molecule has 1 aliphatic carbocycles. The van der Waals surface area contributed by atoms with Gasteiger partial charge >= 0.3 is 0 Å². The smallest absolute Gasteiger partial charge is 0.231 e. The molecule has 0 radical (unpaired) electrons. The minimum atomic E-state index is -0.642. The van der Waals surface area contributed by atoms with Gasteiger partial charge in [-0.25, -0.2) is 0 Å². The van der Waals surface area contributed by atoms with E-state index in [-0.39, 0.29) is 24.4 Å². The van der Waals surface area contributed by atoms with E-state index < -0.39 is 5.60 Å². The minimum absolute atomic E-state index is 0.0284. The van der Waals surface area contributed by atoms with Crippen LogP contribution in [0.4, 0.5) is 0 Å². The number of para-hydroxylation sites is 1. The number of hydrogen-bond donors (Lipinski definition) is 2. The van der Waals surface area contributed by atoms with E-state index in [4.69, 9.17) is 10.5 Å². The molecule has 1 saturated heterocycles. The first-order valence-electron chi connectivity index (χ1n) is 9.01. The summed E-state index contributed by atoms with van der Waals surface area (Å²) in [5.41, 5.74) is 5.91. The van der Waals surface area contributed by atoms with Crippen molar-refractivity contribution in [3.8, 4) is 5.75 Å². The van der Waals surface area contributed by atoms with E-state index >= 15 is 0 Å². The summed E-state index contributed by atoms with van der Waals surface area (Å²) in [5.74, 6) is 0.630. The summed E-state index contributed by atoms with van der Waals surface area (Å²) in [5, 5.41) is 11.2. The fourth-order valence-corrected chi connectivity index (χ4v) is 4.55. The summed E-state index contributed by atoms with van der Waals surface area (Å²) in [4.78, 5) is 13.7. The minimum Gasteiger partial charge on any atom is -0.494 e. The van der Waals surface area contributed by atoms with E-state index in [0.29, 0.717) is 19.6 Å². The van der Waals surface area contributed by atoms with Crippen molar-refractivity contribution < 1.29 is 14.6 Å². The van der Waals surface area contributed by atoms with Crippen LogP contribution in [0.25, 0.3) is 0 Å². The van der Waals surface area contributed by atoms with E-state index in [1.165, 1.54) is 0 Å². The van der Waals surface area contributed by atoms with Gasteiger partial charge in [-0.05, 0) is 32.3 Å². The molecule has 24 heavy (non-hydrogen) atoms. The fraction of sp³-hybridized carbons (Fsp3) is 0.632. The molecule has 5 heteroatoms. The van der Waals surface area contributed by atoms with Crippen LogP contribution in [0.15, 0.2) is 24.3 Å². The normalized spacial score (nSPS) is 30.6. The highest BCUT2D eigenvalue weighted by molar-refractivity contribution is 5.76. The standard InChI is InChI=1S/C19H28N2O3/c1-2-24-16-9-4-3-7-14(16)18-15-8-5-6-10-19(15,23)11-12-21(18)13-17(20)22/h3-4,7,9,15,18,23H,2,5-6,8,10-13H2,1H3,(H2,20,22)/t15-,18+,19+/m1/s1. The number of carbonyl (C=O) groups is 1. The molecule has 3 N–H and O–H groups in total. The van der Waals surface area contributed by atoms with Gasteiger partial charge in [0, 0.05) is 24.1 Å². The second-order valence-electron chi connectivity index (χ2n) is 7.06. The van der Waals surface area contributed by atoms with E-state index in [1.54, 1.807) is 0 Å². The molecule has 5 nitrogen and oxygen atoms in total. The maximum Gasteiger partial charge on any atom is 0.231 e. The van der Waals surface area contributed by atoms with Gasteiger partial charge in [-0.1, -0.05) is 31.0 Å². The molecular formula is C19H28N2O3. The third-order valence-corrected chi connectivity index (χ3v) is 5.57. The van der Waals surface area contributed by atoms with Crippen molar-refractivity contribution >= 4 is 5.91 Å². The first-order chi connectivity index (χ1) is 11.5. The number of carbonyl (C=O) groups excluding carboxylic acids is 1. The Labute approximate surface area is 143 Å². The summed E-state index contributed by atoms with van der Waals surface area (Å²) in [6.45, 7) is 3.46. The number of primary amides is 1. The van der Waals surface area contributed by atoms with Gasteiger partial charge in [-0.15, -0.1) is 0 Å². The van der Waals surface area contributed by atoms with Crippen LogP contribution in [0.5, 0.6) is 5.75 Å². The molecule has 0 aromatic heterocycles. The number of amides is 1. The van der Waals surface area contributed by atoms with Crippen LogP contribution < -0.4 is 10.5 Å². The van der Waals surface area contributed by atoms with Crippen LogP contribution in [0.1, 0.15) is 50.6 Å². The third-order valence-electron chi connectivity index (χ3n) is 5.57. The Bertz CT molecular complexity index is 592. The van der Waals surface area contributed by atoms with E-state index in [9.17, 15) is 9.90 Å². The Morgan fingerprint density at radius 3 is 2.92 bits per heavy atom. The highest BCUT2D eigenvalue weighted by Crippen LogP contribution is 2.50. The molecule has 2 aliphatic rings. The SMILES string of the molecule is CCOc1ccccc1[C@H]1[C@H]2CCCC[C@]2(O)CCN1CC(N)=O. The Morgan fingerprint density at radius 1 is 1.38 bits per heavy atom. The lowest BCUT2D eigenvalue weighted by atomic mass is 9.66. The second-order valence-corrected chi connectivity index (χ2v) is 7.06. The zero-order valence-electron chi connectivity index (χ0n) is 14.4. The topological polar surface area (TPSA) is 75.8 Å². The van der Waals surface area contributed by atoms with Crippen LogP contribution in [-0.4, -0.2) is 41.2 Å². The van der Waals surface area contributed by atoms with Crippen LogP contribution in [0, 0.1) is 5.92 Å². The number of piperidine rings is 1. The van der Waals surface area contributed by atoms with Gasteiger partial charge in [-0.2, -0.15) is 0 Å². The van der Waals surface area contributed by atoms with E-state index in [1.807, 2.05) is 25.1 Å². The number of fused-ring (bicyclic) bond motifs is 1. The highest BCUT2D eigenvalue weighted by Gasteiger charge is 2.49. The van der Waals surface area contributed by atoms with Crippen LogP contribution in [0.3, 0.4) is 0 Å². The number of ether oxygens (including phenoxy) is 1. The monoisotopic (exact) mass is 332 g/mol. The summed E-state index contributed by atoms with van der Waals surface area (Å²) < 4.78 is 5.83. The molecule has 2 fully saturated rings. The lowest BCUT2D eigenvalue weighted by molar-refractivity contribution is -0.136. The quantitative estimate of drug-likeness (QED) is 0.867. The Kier molecular flexibility index (Phi) is 5.11. The van der Waals surface area contributed by atoms with Gasteiger partial charge in [0.25, 0.3) is 0 Å². The first kappa shape index (κ1) is 17.2. The summed E-state index contributed by atoms with van der Waals surface area (Å²) >= 11 is 0. The average molecular weight is 332 g/mol. The first-order valence-corrected chi connectivity index (χ1v) is 9.01. The summed E-state index contributed by atoms with van der Waals surface area (Å²) in [6, 6.07) is 7.96. The Morgan fingerprint density at radius 2 is 2.17 bits per heavy atom. The Hall–Kier alpha value is -1.59. The van der Waals surface area contributed by atoms with Crippen LogP contribution >= 0.6 is 0 Å². The molecule has 1 aliphatic heterocycles. The zero-order valence-corrected chi connectivity index (χ0v) is 14.4. The molecule has 1 amide bonds. The predicted octanol–water partition coefficient (Wildman–Crippen LogP) is 2.24. The van der Waals surface area contributed by atoms with Crippen molar-refractivity contribution in [3.05, 3.63) is 29.8 Å². The van der Waals surface area contributed by atoms with Gasteiger partial charge in [0.1, 0.15) is 5.75 Å². The largest absolute Gasteiger partial charge is 0.494 e. The highest BCUT2D eigenvalue weighted by atomic mass is 16.5. The number of rotatable bonds is 5. The maximum atomic E-state index is 11.6. The van der Waals surface area contributed by atoms with Gasteiger partial charge < -0.3 is 15.6 Å². The van der Waals surface area contributed by atoms with Crippen molar-refractivity contribution in [1.29, 1.82) is 0 Å². The third kappa shape index (κ3) is 3.28. The van der Waals surface area contributed by atoms with Gasteiger partial charge in [0.15, 0.2) is 0 Å². The lowest BCUT2D eigenvalue weighted by Crippen LogP contribution is -2.56. The van der Waals surface area contributed by atoms with Crippen molar-refractivity contribution in [3.63, 3.8) is 0 Å². The molecule has 1 saturated carbocycles. The molecule has 3 atom stereocenters. The van der Waals surface area contributed by atoms with Crippen molar-refractivity contribution in [2.24, 2.45) is 11.7 Å². The summed E-state index contributed by atoms with van der Waals surface area (Å²) in [7, 11) is 0. The van der Waals surface area contributed by atoms with Crippen LogP contribution in [0.2, 0.25) is 0 Å². The second kappa shape index (κ2) is 7.11. The molecular weight excluding hydrogens is 304 g/mol. The van der Waals surface area contributed by atoms with Crippen LogP contribution in [-0.2, 0) is 4.79 Å². The molecule has 132 valence electrons. The number of nitrogens with zero attached hydrogens (tertiary/aromatic N) is 1. The fourth-order valence-electron chi connectivity index (χ4n) is 4.55. The maximum absolute atomic E-state index is 11.6. The number of nitrogens with two attached hydrogens (primary N) is 1. The molecule has 1 aromatic rings. The van der Waals surface area contributed by atoms with Crippen molar-refractivity contribution in [2.75, 3.05) is 19.7 Å². The predicted molar refractivity (Wildman–Crippen MR) is 92.6 cm³/mol. The molecule has 1 aromatic carbocycles. The molecule has 1 heterocycles. The van der Waals surface area contributed by atoms with E-state index in [2.05, 4.69) is 11.0 Å². The van der Waals surface area contributed by atoms with E-state index in [0.717, 1.165) is 37.0 Å². The molecule has 0 bridgehead atoms. The van der Waals surface area contributed by atoms with Crippen molar-refractivity contribution in [2.45, 2.75) is 50.7 Å². The van der Waals surface area contributed by atoms with Gasteiger partial charge in [-0.3, -0.25) is 9.69 Å². The zero-order chi connectivity index (χ0) is 17.2. The lowest BCUT2D eigenvalue weighted by Gasteiger charge is -2.52. The van der Waals surface area contributed by atoms with Gasteiger partial charge in [0.2, 0.25) is 5.91 Å². The number of likely N-dealkylation sites (tertiary alicyclic amines) is 1. The Balaban J connectivity index is 2.01. The number of benzene rings is 1. The average Bonchev–Trinajstić information content (AvgIpc) is 2.55. The van der Waals surface area contributed by atoms with Crippen molar-refractivity contribution in [1.82, 2.24) is 4.90 Å². The molecule has 3 rings (SSSR count). The molecule has 0 spiro atoms. The number of aliphatic hydroxyl groups is 1. The summed E-state index contributed by atoms with van der Waals surface area (Å²) in [6.07, 6.45) is 4.71. The molecule has 0 unspecified atom stereocenters. The number of hydrogen-bond acceptors (Lipinski definition) is 4. The van der Waals surface area contributed by atoms with Gasteiger partial charge in [0.05, 0.1) is 18.8 Å².